The third kappa shape index (κ3) is 2.69. The minimum absolute atomic E-state index is 0.0898. The van der Waals surface area contributed by atoms with Crippen molar-refractivity contribution >= 4 is 11.8 Å². The van der Waals surface area contributed by atoms with Crippen molar-refractivity contribution in [3.63, 3.8) is 0 Å². The quantitative estimate of drug-likeness (QED) is 0.772. The van der Waals surface area contributed by atoms with Crippen LogP contribution in [0.4, 0.5) is 4.39 Å². The van der Waals surface area contributed by atoms with Crippen LogP contribution in [0.25, 0.3) is 0 Å². The number of nitrogens with zero attached hydrogens (tertiary/aromatic N) is 1. The molecule has 17 heavy (non-hydrogen) atoms. The van der Waals surface area contributed by atoms with Crippen LogP contribution in [0, 0.1) is 24.1 Å². The van der Waals surface area contributed by atoms with E-state index in [-0.39, 0.29) is 5.56 Å². The largest absolute Gasteiger partial charge is 0.468 e. The number of aryl methyl sites for hydroxylation is 1. The summed E-state index contributed by atoms with van der Waals surface area (Å²) in [6.45, 7) is 1.90. The normalized spacial score (nSPS) is 10.2. The van der Waals surface area contributed by atoms with E-state index in [1.165, 1.54) is 6.07 Å². The van der Waals surface area contributed by atoms with Gasteiger partial charge >= 0.3 is 0 Å². The second-order valence-electron chi connectivity index (χ2n) is 3.56. The van der Waals surface area contributed by atoms with Crippen molar-refractivity contribution in [1.82, 2.24) is 0 Å². The van der Waals surface area contributed by atoms with Crippen LogP contribution in [0.2, 0.25) is 0 Å². The van der Waals surface area contributed by atoms with E-state index in [1.54, 1.807) is 30.2 Å². The van der Waals surface area contributed by atoms with Crippen LogP contribution in [0.15, 0.2) is 39.8 Å². The third-order valence-electron chi connectivity index (χ3n) is 2.36. The number of hydrogen-bond acceptors (Lipinski definition) is 3. The van der Waals surface area contributed by atoms with E-state index in [4.69, 9.17) is 9.68 Å². The summed E-state index contributed by atoms with van der Waals surface area (Å²) >= 11 is 1.61. The summed E-state index contributed by atoms with van der Waals surface area (Å²) in [7, 11) is 0. The zero-order chi connectivity index (χ0) is 12.3. The van der Waals surface area contributed by atoms with Gasteiger partial charge in [-0.3, -0.25) is 0 Å². The van der Waals surface area contributed by atoms with Crippen molar-refractivity contribution in [3.8, 4) is 6.07 Å². The molecule has 0 aliphatic heterocycles. The van der Waals surface area contributed by atoms with Crippen molar-refractivity contribution in [3.05, 3.63) is 53.2 Å². The molecule has 0 aliphatic carbocycles. The van der Waals surface area contributed by atoms with Crippen LogP contribution < -0.4 is 0 Å². The Bertz CT molecular complexity index is 571. The zero-order valence-electron chi connectivity index (χ0n) is 9.24. The topological polar surface area (TPSA) is 36.9 Å². The van der Waals surface area contributed by atoms with Crippen molar-refractivity contribution in [1.29, 1.82) is 5.26 Å². The number of halogens is 1. The average Bonchev–Trinajstić information content (AvgIpc) is 2.74. The highest BCUT2D eigenvalue weighted by Gasteiger charge is 2.05. The first-order valence-electron chi connectivity index (χ1n) is 5.06. The Morgan fingerprint density at radius 3 is 2.88 bits per heavy atom. The second-order valence-corrected chi connectivity index (χ2v) is 4.57. The second kappa shape index (κ2) is 5.07. The lowest BCUT2D eigenvalue weighted by atomic mass is 10.1. The maximum atomic E-state index is 13.1. The highest BCUT2D eigenvalue weighted by atomic mass is 32.2. The van der Waals surface area contributed by atoms with Gasteiger partial charge in [-0.2, -0.15) is 5.26 Å². The molecule has 0 fully saturated rings. The van der Waals surface area contributed by atoms with E-state index in [1.807, 2.05) is 19.1 Å². The van der Waals surface area contributed by atoms with Gasteiger partial charge in [0.25, 0.3) is 0 Å². The van der Waals surface area contributed by atoms with E-state index in [0.717, 1.165) is 16.2 Å². The van der Waals surface area contributed by atoms with E-state index in [9.17, 15) is 4.39 Å². The molecular formula is C13H10FNOS. The van der Waals surface area contributed by atoms with Gasteiger partial charge in [0, 0.05) is 10.6 Å². The predicted molar refractivity (Wildman–Crippen MR) is 64.1 cm³/mol. The Labute approximate surface area is 103 Å². The Morgan fingerprint density at radius 2 is 2.24 bits per heavy atom. The first-order valence-corrected chi connectivity index (χ1v) is 6.04. The lowest BCUT2D eigenvalue weighted by Crippen LogP contribution is -1.87. The predicted octanol–water partition coefficient (Wildman–Crippen LogP) is 3.89. The van der Waals surface area contributed by atoms with Gasteiger partial charge in [-0.25, -0.2) is 4.39 Å². The first kappa shape index (κ1) is 11.7. The van der Waals surface area contributed by atoms with Crippen LogP contribution in [-0.2, 0) is 5.75 Å². The molecule has 0 N–H and O–H groups in total. The molecule has 0 aliphatic rings. The smallest absolute Gasteiger partial charge is 0.140 e. The minimum Gasteiger partial charge on any atom is -0.468 e. The van der Waals surface area contributed by atoms with E-state index in [0.29, 0.717) is 5.75 Å². The summed E-state index contributed by atoms with van der Waals surface area (Å²) < 4.78 is 18.3. The Kier molecular flexibility index (Phi) is 3.50. The maximum Gasteiger partial charge on any atom is 0.140 e. The van der Waals surface area contributed by atoms with Gasteiger partial charge in [0.15, 0.2) is 0 Å². The lowest BCUT2D eigenvalue weighted by Gasteiger charge is -2.02. The third-order valence-corrected chi connectivity index (χ3v) is 3.57. The fraction of sp³-hybridized carbons (Fsp3) is 0.154. The molecule has 0 saturated heterocycles. The monoisotopic (exact) mass is 247 g/mol. The molecule has 4 heteroatoms. The molecule has 0 radical (unpaired) electrons. The Balaban J connectivity index is 2.10. The van der Waals surface area contributed by atoms with Gasteiger partial charge in [0.1, 0.15) is 17.6 Å². The first-order chi connectivity index (χ1) is 8.20. The van der Waals surface area contributed by atoms with Crippen molar-refractivity contribution in [2.24, 2.45) is 0 Å². The molecule has 0 unspecified atom stereocenters. The molecule has 0 bridgehead atoms. The minimum atomic E-state index is -0.472. The molecule has 86 valence electrons. The number of furan rings is 1. The molecule has 2 aromatic rings. The van der Waals surface area contributed by atoms with E-state index in [2.05, 4.69) is 0 Å². The molecule has 1 heterocycles. The summed E-state index contributed by atoms with van der Waals surface area (Å²) in [5, 5.41) is 8.73. The lowest BCUT2D eigenvalue weighted by molar-refractivity contribution is 0.527. The highest BCUT2D eigenvalue weighted by molar-refractivity contribution is 7.98. The molecule has 1 aromatic carbocycles. The zero-order valence-corrected chi connectivity index (χ0v) is 10.1. The van der Waals surface area contributed by atoms with Gasteiger partial charge in [-0.05, 0) is 30.7 Å². The molecular weight excluding hydrogens is 237 g/mol. The standard InChI is InChI=1S/C13H10FNOS/c1-9-13(4-5-16-9)17-8-10-2-3-12(14)11(6-10)7-15/h2-6H,8H2,1H3. The molecule has 0 spiro atoms. The summed E-state index contributed by atoms with van der Waals surface area (Å²) in [6.07, 6.45) is 1.64. The van der Waals surface area contributed by atoms with Crippen LogP contribution in [-0.4, -0.2) is 0 Å². The molecule has 2 rings (SSSR count). The van der Waals surface area contributed by atoms with E-state index >= 15 is 0 Å². The number of hydrogen-bond donors (Lipinski definition) is 0. The number of nitriles is 1. The van der Waals surface area contributed by atoms with Gasteiger partial charge < -0.3 is 4.42 Å². The van der Waals surface area contributed by atoms with Gasteiger partial charge in [-0.1, -0.05) is 6.07 Å². The summed E-state index contributed by atoms with van der Waals surface area (Å²) in [6, 6.07) is 8.34. The SMILES string of the molecule is Cc1occc1SCc1ccc(F)c(C#N)c1. The number of benzene rings is 1. The summed E-state index contributed by atoms with van der Waals surface area (Å²) in [5.74, 6) is 1.09. The number of rotatable bonds is 3. The summed E-state index contributed by atoms with van der Waals surface area (Å²) in [5.41, 5.74) is 1.01. The fourth-order valence-corrected chi connectivity index (χ4v) is 2.34. The fourth-order valence-electron chi connectivity index (χ4n) is 1.43. The Hall–Kier alpha value is -1.73. The Morgan fingerprint density at radius 1 is 1.41 bits per heavy atom. The van der Waals surface area contributed by atoms with Crippen LogP contribution in [0.1, 0.15) is 16.9 Å². The average molecular weight is 247 g/mol. The van der Waals surface area contributed by atoms with Crippen molar-refractivity contribution < 1.29 is 8.81 Å². The van der Waals surface area contributed by atoms with E-state index < -0.39 is 5.82 Å². The maximum absolute atomic E-state index is 13.1. The van der Waals surface area contributed by atoms with Crippen molar-refractivity contribution in [2.75, 3.05) is 0 Å². The molecule has 0 saturated carbocycles. The van der Waals surface area contributed by atoms with Crippen LogP contribution in [0.3, 0.4) is 0 Å². The van der Waals surface area contributed by atoms with Gasteiger partial charge in [0.05, 0.1) is 11.8 Å². The van der Waals surface area contributed by atoms with Crippen molar-refractivity contribution in [2.45, 2.75) is 17.6 Å². The van der Waals surface area contributed by atoms with Gasteiger partial charge in [-0.15, -0.1) is 11.8 Å². The number of thioether (sulfide) groups is 1. The van der Waals surface area contributed by atoms with Gasteiger partial charge in [0.2, 0.25) is 0 Å². The highest BCUT2D eigenvalue weighted by Crippen LogP contribution is 2.27. The molecule has 0 atom stereocenters. The van der Waals surface area contributed by atoms with Crippen LogP contribution >= 0.6 is 11.8 Å². The van der Waals surface area contributed by atoms with Crippen LogP contribution in [0.5, 0.6) is 0 Å². The molecule has 0 amide bonds. The molecule has 1 aromatic heterocycles. The molecule has 2 nitrogen and oxygen atoms in total. The summed E-state index contributed by atoms with van der Waals surface area (Å²) in [4.78, 5) is 1.06.